The van der Waals surface area contributed by atoms with Crippen LogP contribution in [-0.2, 0) is 22.6 Å². The zero-order chi connectivity index (χ0) is 16.2. The van der Waals surface area contributed by atoms with Crippen LogP contribution in [0.1, 0.15) is 30.9 Å². The van der Waals surface area contributed by atoms with E-state index in [1.54, 1.807) is 0 Å². The Hall–Kier alpha value is -1.88. The summed E-state index contributed by atoms with van der Waals surface area (Å²) in [7, 11) is 0. The Bertz CT molecular complexity index is 587. The highest BCUT2D eigenvalue weighted by Gasteiger charge is 2.30. The Morgan fingerprint density at radius 2 is 2.09 bits per heavy atom. The number of hydrogen-bond acceptors (Lipinski definition) is 3. The smallest absolute Gasteiger partial charge is 0.240 e. The molecule has 3 rings (SSSR count). The second-order valence-electron chi connectivity index (χ2n) is 6.64. The van der Waals surface area contributed by atoms with E-state index in [0.717, 1.165) is 38.9 Å². The van der Waals surface area contributed by atoms with Crippen LogP contribution in [0, 0.1) is 5.92 Å². The predicted octanol–water partition coefficient (Wildman–Crippen LogP) is 1.08. The molecule has 2 amide bonds. The summed E-state index contributed by atoms with van der Waals surface area (Å²) in [6.45, 7) is 4.54. The van der Waals surface area contributed by atoms with Gasteiger partial charge in [-0.2, -0.15) is 0 Å². The average molecular weight is 315 g/mol. The van der Waals surface area contributed by atoms with Crippen molar-refractivity contribution in [3.8, 4) is 0 Å². The van der Waals surface area contributed by atoms with Crippen LogP contribution in [0.2, 0.25) is 0 Å². The Morgan fingerprint density at radius 3 is 2.87 bits per heavy atom. The molecular formula is C18H25N3O2. The Labute approximate surface area is 137 Å². The maximum absolute atomic E-state index is 12.8. The van der Waals surface area contributed by atoms with E-state index in [1.807, 2.05) is 17.0 Å². The van der Waals surface area contributed by atoms with Crippen LogP contribution in [0.5, 0.6) is 0 Å². The van der Waals surface area contributed by atoms with Gasteiger partial charge in [-0.15, -0.1) is 0 Å². The molecule has 1 aromatic rings. The van der Waals surface area contributed by atoms with Crippen molar-refractivity contribution in [2.45, 2.75) is 38.8 Å². The second-order valence-corrected chi connectivity index (χ2v) is 6.64. The summed E-state index contributed by atoms with van der Waals surface area (Å²) >= 11 is 0. The molecule has 0 bridgehead atoms. The molecule has 2 aliphatic heterocycles. The molecule has 1 aromatic carbocycles. The molecule has 2 atom stereocenters. The average Bonchev–Trinajstić information content (AvgIpc) is 2.59. The summed E-state index contributed by atoms with van der Waals surface area (Å²) in [5, 5.41) is 6.25. The van der Waals surface area contributed by atoms with Gasteiger partial charge in [0.25, 0.3) is 0 Å². The molecule has 2 heterocycles. The van der Waals surface area contributed by atoms with E-state index in [1.165, 1.54) is 18.1 Å². The third kappa shape index (κ3) is 3.91. The van der Waals surface area contributed by atoms with Crippen LogP contribution in [0.15, 0.2) is 24.3 Å². The summed E-state index contributed by atoms with van der Waals surface area (Å²) in [5.41, 5.74) is 2.56. The minimum atomic E-state index is -0.121. The van der Waals surface area contributed by atoms with Gasteiger partial charge in [0.1, 0.15) is 0 Å². The largest absolute Gasteiger partial charge is 0.356 e. The van der Waals surface area contributed by atoms with E-state index in [-0.39, 0.29) is 17.9 Å². The van der Waals surface area contributed by atoms with Gasteiger partial charge in [-0.05, 0) is 36.3 Å². The van der Waals surface area contributed by atoms with Crippen LogP contribution in [0.4, 0.5) is 0 Å². The number of carbonyl (C=O) groups is 2. The number of likely N-dealkylation sites (tertiary alicyclic amines) is 1. The molecule has 23 heavy (non-hydrogen) atoms. The van der Waals surface area contributed by atoms with E-state index in [4.69, 9.17) is 0 Å². The number of rotatable bonds is 3. The lowest BCUT2D eigenvalue weighted by molar-refractivity contribution is -0.135. The van der Waals surface area contributed by atoms with Crippen molar-refractivity contribution in [3.63, 3.8) is 0 Å². The minimum Gasteiger partial charge on any atom is -0.356 e. The Balaban J connectivity index is 1.59. The van der Waals surface area contributed by atoms with Gasteiger partial charge < -0.3 is 15.5 Å². The monoisotopic (exact) mass is 315 g/mol. The number of nitrogens with one attached hydrogen (secondary N) is 2. The molecule has 2 aliphatic rings. The fourth-order valence-electron chi connectivity index (χ4n) is 3.57. The fraction of sp³-hybridized carbons (Fsp3) is 0.556. The van der Waals surface area contributed by atoms with E-state index >= 15 is 0 Å². The maximum atomic E-state index is 12.8. The molecule has 0 unspecified atom stereocenters. The molecule has 0 aromatic heterocycles. The van der Waals surface area contributed by atoms with E-state index in [2.05, 4.69) is 22.8 Å². The lowest BCUT2D eigenvalue weighted by Crippen LogP contribution is -2.52. The molecule has 0 radical (unpaired) electrons. The Morgan fingerprint density at radius 1 is 1.30 bits per heavy atom. The minimum absolute atomic E-state index is 0.000922. The SMILES string of the molecule is CC(=O)NC[C@@H]1CCCN(C(=O)[C@@H]2Cc3ccccc3CN2)C1. The van der Waals surface area contributed by atoms with Crippen molar-refractivity contribution in [3.05, 3.63) is 35.4 Å². The standard InChI is InChI=1S/C18H25N3O2/c1-13(22)19-10-14-5-4-8-21(12-14)18(23)17-9-15-6-2-3-7-16(15)11-20-17/h2-3,6-7,14,17,20H,4-5,8-12H2,1H3,(H,19,22)/t14-,17-/m0/s1. The quantitative estimate of drug-likeness (QED) is 0.877. The van der Waals surface area contributed by atoms with Crippen molar-refractivity contribution < 1.29 is 9.59 Å². The summed E-state index contributed by atoms with van der Waals surface area (Å²) in [6, 6.07) is 8.19. The number of benzene rings is 1. The fourth-order valence-corrected chi connectivity index (χ4v) is 3.57. The summed E-state index contributed by atoms with van der Waals surface area (Å²) in [4.78, 5) is 25.9. The number of nitrogens with zero attached hydrogens (tertiary/aromatic N) is 1. The molecule has 1 fully saturated rings. The third-order valence-corrected chi connectivity index (χ3v) is 4.85. The molecular weight excluding hydrogens is 290 g/mol. The van der Waals surface area contributed by atoms with Crippen LogP contribution in [0.3, 0.4) is 0 Å². The van der Waals surface area contributed by atoms with E-state index in [9.17, 15) is 9.59 Å². The van der Waals surface area contributed by atoms with Gasteiger partial charge in [0.2, 0.25) is 11.8 Å². The first-order chi connectivity index (χ1) is 11.1. The van der Waals surface area contributed by atoms with Crippen LogP contribution in [0.25, 0.3) is 0 Å². The number of piperidine rings is 1. The molecule has 0 spiro atoms. The summed E-state index contributed by atoms with van der Waals surface area (Å²) < 4.78 is 0. The van der Waals surface area contributed by atoms with Crippen molar-refractivity contribution in [1.29, 1.82) is 0 Å². The van der Waals surface area contributed by atoms with Gasteiger partial charge in [-0.25, -0.2) is 0 Å². The zero-order valence-electron chi connectivity index (χ0n) is 13.7. The first-order valence-electron chi connectivity index (χ1n) is 8.47. The van der Waals surface area contributed by atoms with Gasteiger partial charge in [-0.3, -0.25) is 9.59 Å². The molecule has 0 saturated carbocycles. The van der Waals surface area contributed by atoms with Crippen LogP contribution >= 0.6 is 0 Å². The van der Waals surface area contributed by atoms with Gasteiger partial charge in [0, 0.05) is 33.1 Å². The first kappa shape index (κ1) is 16.0. The highest BCUT2D eigenvalue weighted by Crippen LogP contribution is 2.21. The second kappa shape index (κ2) is 7.13. The molecule has 0 aliphatic carbocycles. The van der Waals surface area contributed by atoms with Crippen molar-refractivity contribution in [2.24, 2.45) is 5.92 Å². The molecule has 5 heteroatoms. The predicted molar refractivity (Wildman–Crippen MR) is 88.8 cm³/mol. The van der Waals surface area contributed by atoms with Crippen LogP contribution < -0.4 is 10.6 Å². The summed E-state index contributed by atoms with van der Waals surface area (Å²) in [5.74, 6) is 0.568. The van der Waals surface area contributed by atoms with Gasteiger partial charge in [0.05, 0.1) is 6.04 Å². The van der Waals surface area contributed by atoms with Crippen molar-refractivity contribution in [2.75, 3.05) is 19.6 Å². The Kier molecular flexibility index (Phi) is 4.96. The molecule has 1 saturated heterocycles. The normalized spacial score (nSPS) is 24.0. The highest BCUT2D eigenvalue weighted by molar-refractivity contribution is 5.82. The van der Waals surface area contributed by atoms with Gasteiger partial charge in [0.15, 0.2) is 0 Å². The summed E-state index contributed by atoms with van der Waals surface area (Å²) in [6.07, 6.45) is 2.85. The molecule has 124 valence electrons. The van der Waals surface area contributed by atoms with Crippen molar-refractivity contribution in [1.82, 2.24) is 15.5 Å². The van der Waals surface area contributed by atoms with E-state index in [0.29, 0.717) is 12.5 Å². The molecule has 5 nitrogen and oxygen atoms in total. The number of hydrogen-bond donors (Lipinski definition) is 2. The lowest BCUT2D eigenvalue weighted by atomic mass is 9.93. The van der Waals surface area contributed by atoms with Crippen LogP contribution in [-0.4, -0.2) is 42.4 Å². The first-order valence-corrected chi connectivity index (χ1v) is 8.47. The number of amides is 2. The van der Waals surface area contributed by atoms with Gasteiger partial charge >= 0.3 is 0 Å². The molecule has 2 N–H and O–H groups in total. The topological polar surface area (TPSA) is 61.4 Å². The van der Waals surface area contributed by atoms with Crippen molar-refractivity contribution >= 4 is 11.8 Å². The zero-order valence-corrected chi connectivity index (χ0v) is 13.7. The lowest BCUT2D eigenvalue weighted by Gasteiger charge is -2.36. The van der Waals surface area contributed by atoms with Gasteiger partial charge in [-0.1, -0.05) is 24.3 Å². The third-order valence-electron chi connectivity index (χ3n) is 4.85. The maximum Gasteiger partial charge on any atom is 0.240 e. The highest BCUT2D eigenvalue weighted by atomic mass is 16.2. The number of carbonyl (C=O) groups excluding carboxylic acids is 2. The van der Waals surface area contributed by atoms with E-state index < -0.39 is 0 Å². The number of fused-ring (bicyclic) bond motifs is 1.